The highest BCUT2D eigenvalue weighted by atomic mass is 15.1. The van der Waals surface area contributed by atoms with E-state index in [9.17, 15) is 0 Å². The summed E-state index contributed by atoms with van der Waals surface area (Å²) in [6.07, 6.45) is 12.6. The highest BCUT2D eigenvalue weighted by Crippen LogP contribution is 2.28. The van der Waals surface area contributed by atoms with Gasteiger partial charge in [0.25, 0.3) is 0 Å². The summed E-state index contributed by atoms with van der Waals surface area (Å²) < 4.78 is 2.22. The van der Waals surface area contributed by atoms with E-state index < -0.39 is 0 Å². The molecule has 1 aliphatic rings. The highest BCUT2D eigenvalue weighted by Gasteiger charge is 2.14. The third kappa shape index (κ3) is 4.13. The van der Waals surface area contributed by atoms with Crippen LogP contribution < -0.4 is 5.32 Å². The van der Waals surface area contributed by atoms with Crippen LogP contribution in [0.2, 0.25) is 0 Å². The molecule has 1 unspecified atom stereocenters. The van der Waals surface area contributed by atoms with Gasteiger partial charge in [0, 0.05) is 25.0 Å². The molecule has 0 amide bonds. The first-order valence-corrected chi connectivity index (χ1v) is 7.47. The molecule has 0 radical (unpaired) electrons. The zero-order valence-corrected chi connectivity index (χ0v) is 11.9. The summed E-state index contributed by atoms with van der Waals surface area (Å²) in [7, 11) is 0. The van der Waals surface area contributed by atoms with E-state index in [1.807, 2.05) is 6.20 Å². The number of nitrogens with zero attached hydrogens (tertiary/aromatic N) is 2. The van der Waals surface area contributed by atoms with Gasteiger partial charge in [-0.1, -0.05) is 25.7 Å². The Bertz CT molecular complexity index is 339. The van der Waals surface area contributed by atoms with Gasteiger partial charge in [-0.2, -0.15) is 0 Å². The number of aromatic nitrogens is 2. The lowest BCUT2D eigenvalue weighted by Gasteiger charge is -2.16. The lowest BCUT2D eigenvalue weighted by Crippen LogP contribution is -2.31. The predicted octanol–water partition coefficient (Wildman–Crippen LogP) is 3.14. The summed E-state index contributed by atoms with van der Waals surface area (Å²) in [5.74, 6) is 2.13. The first-order chi connectivity index (χ1) is 8.75. The van der Waals surface area contributed by atoms with Crippen molar-refractivity contribution in [3.8, 4) is 0 Å². The molecule has 1 N–H and O–H groups in total. The molecule has 0 spiro atoms. The Balaban J connectivity index is 1.57. The van der Waals surface area contributed by atoms with Crippen LogP contribution in [0.3, 0.4) is 0 Å². The second kappa shape index (κ2) is 6.93. The van der Waals surface area contributed by atoms with Crippen molar-refractivity contribution in [1.82, 2.24) is 14.9 Å². The van der Waals surface area contributed by atoms with E-state index in [1.165, 1.54) is 38.5 Å². The third-order valence-electron chi connectivity index (χ3n) is 4.15. The zero-order chi connectivity index (χ0) is 12.8. The minimum atomic E-state index is 0.529. The molecule has 1 saturated carbocycles. The monoisotopic (exact) mass is 249 g/mol. The molecule has 2 rings (SSSR count). The van der Waals surface area contributed by atoms with Gasteiger partial charge in [0.2, 0.25) is 0 Å². The van der Waals surface area contributed by atoms with Crippen LogP contribution in [0.4, 0.5) is 0 Å². The van der Waals surface area contributed by atoms with Crippen molar-refractivity contribution in [2.24, 2.45) is 5.92 Å². The standard InChI is InChI=1S/C15H27N3/c1-13(12-18-11-10-17-14(18)2)16-9-5-8-15-6-3-4-7-15/h10-11,13,15-16H,3-9,12H2,1-2H3. The third-order valence-corrected chi connectivity index (χ3v) is 4.15. The Morgan fingerprint density at radius 1 is 1.44 bits per heavy atom. The molecule has 0 aliphatic heterocycles. The van der Waals surface area contributed by atoms with Gasteiger partial charge < -0.3 is 9.88 Å². The van der Waals surface area contributed by atoms with Gasteiger partial charge in [0.1, 0.15) is 5.82 Å². The molecule has 1 fully saturated rings. The van der Waals surface area contributed by atoms with E-state index in [-0.39, 0.29) is 0 Å². The van der Waals surface area contributed by atoms with Gasteiger partial charge in [-0.15, -0.1) is 0 Å². The number of nitrogens with one attached hydrogen (secondary N) is 1. The predicted molar refractivity (Wildman–Crippen MR) is 75.6 cm³/mol. The van der Waals surface area contributed by atoms with Gasteiger partial charge in [-0.3, -0.25) is 0 Å². The molecule has 1 atom stereocenters. The van der Waals surface area contributed by atoms with Gasteiger partial charge >= 0.3 is 0 Å². The summed E-state index contributed by atoms with van der Waals surface area (Å²) in [4.78, 5) is 4.25. The summed E-state index contributed by atoms with van der Waals surface area (Å²) in [6.45, 7) is 6.50. The zero-order valence-electron chi connectivity index (χ0n) is 11.9. The Hall–Kier alpha value is -0.830. The van der Waals surface area contributed by atoms with Gasteiger partial charge in [-0.05, 0) is 39.2 Å². The van der Waals surface area contributed by atoms with Crippen molar-refractivity contribution in [1.29, 1.82) is 0 Å². The molecule has 3 nitrogen and oxygen atoms in total. The van der Waals surface area contributed by atoms with Gasteiger partial charge in [-0.25, -0.2) is 4.98 Å². The van der Waals surface area contributed by atoms with Crippen molar-refractivity contribution >= 4 is 0 Å². The summed E-state index contributed by atoms with van der Waals surface area (Å²) in [6, 6.07) is 0.529. The van der Waals surface area contributed by atoms with Crippen LogP contribution in [0.5, 0.6) is 0 Å². The Kier molecular flexibility index (Phi) is 5.24. The summed E-state index contributed by atoms with van der Waals surface area (Å²) in [5, 5.41) is 3.62. The number of hydrogen-bond donors (Lipinski definition) is 1. The van der Waals surface area contributed by atoms with Crippen molar-refractivity contribution < 1.29 is 0 Å². The number of imidazole rings is 1. The second-order valence-corrected chi connectivity index (χ2v) is 5.77. The molecule has 3 heteroatoms. The molecule has 1 aromatic heterocycles. The van der Waals surface area contributed by atoms with E-state index in [4.69, 9.17) is 0 Å². The van der Waals surface area contributed by atoms with Crippen molar-refractivity contribution in [2.75, 3.05) is 6.54 Å². The van der Waals surface area contributed by atoms with Gasteiger partial charge in [0.15, 0.2) is 0 Å². The minimum absolute atomic E-state index is 0.529. The lowest BCUT2D eigenvalue weighted by molar-refractivity contribution is 0.430. The first-order valence-electron chi connectivity index (χ1n) is 7.47. The Labute approximate surface area is 111 Å². The minimum Gasteiger partial charge on any atom is -0.334 e. The molecule has 18 heavy (non-hydrogen) atoms. The largest absolute Gasteiger partial charge is 0.334 e. The van der Waals surface area contributed by atoms with Crippen molar-refractivity contribution in [3.63, 3.8) is 0 Å². The molecule has 0 bridgehead atoms. The van der Waals surface area contributed by atoms with Crippen molar-refractivity contribution in [3.05, 3.63) is 18.2 Å². The highest BCUT2D eigenvalue weighted by molar-refractivity contribution is 4.89. The van der Waals surface area contributed by atoms with Crippen LogP contribution in [0.1, 0.15) is 51.3 Å². The molecular formula is C15H27N3. The van der Waals surface area contributed by atoms with E-state index in [2.05, 4.69) is 34.9 Å². The molecule has 1 heterocycles. The van der Waals surface area contributed by atoms with Crippen LogP contribution in [-0.2, 0) is 6.54 Å². The molecule has 1 aromatic rings. The maximum absolute atomic E-state index is 4.25. The fourth-order valence-electron chi connectivity index (χ4n) is 2.99. The van der Waals surface area contributed by atoms with E-state index >= 15 is 0 Å². The quantitative estimate of drug-likeness (QED) is 0.752. The number of aryl methyl sites for hydroxylation is 1. The molecule has 0 saturated heterocycles. The fraction of sp³-hybridized carbons (Fsp3) is 0.800. The van der Waals surface area contributed by atoms with Crippen LogP contribution in [0.15, 0.2) is 12.4 Å². The topological polar surface area (TPSA) is 29.9 Å². The fourth-order valence-corrected chi connectivity index (χ4v) is 2.99. The average Bonchev–Trinajstić information content (AvgIpc) is 2.98. The maximum Gasteiger partial charge on any atom is 0.105 e. The molecule has 1 aliphatic carbocycles. The van der Waals surface area contributed by atoms with Crippen molar-refractivity contribution in [2.45, 2.75) is 65.0 Å². The molecular weight excluding hydrogens is 222 g/mol. The number of rotatable bonds is 7. The molecule has 102 valence electrons. The Morgan fingerprint density at radius 3 is 2.89 bits per heavy atom. The number of hydrogen-bond acceptors (Lipinski definition) is 2. The second-order valence-electron chi connectivity index (χ2n) is 5.77. The SMILES string of the molecule is Cc1nccn1CC(C)NCCCC1CCCC1. The van der Waals surface area contributed by atoms with Crippen LogP contribution in [-0.4, -0.2) is 22.1 Å². The van der Waals surface area contributed by atoms with E-state index in [1.54, 1.807) is 0 Å². The van der Waals surface area contributed by atoms with E-state index in [0.717, 1.165) is 24.8 Å². The smallest absolute Gasteiger partial charge is 0.105 e. The Morgan fingerprint density at radius 2 is 2.22 bits per heavy atom. The average molecular weight is 249 g/mol. The lowest BCUT2D eigenvalue weighted by atomic mass is 10.0. The molecule has 0 aromatic carbocycles. The first kappa shape index (κ1) is 13.6. The summed E-state index contributed by atoms with van der Waals surface area (Å²) >= 11 is 0. The van der Waals surface area contributed by atoms with Crippen LogP contribution in [0, 0.1) is 12.8 Å². The normalized spacial score (nSPS) is 18.3. The maximum atomic E-state index is 4.25. The van der Waals surface area contributed by atoms with Gasteiger partial charge in [0.05, 0.1) is 0 Å². The van der Waals surface area contributed by atoms with Crippen LogP contribution >= 0.6 is 0 Å². The van der Waals surface area contributed by atoms with E-state index in [0.29, 0.717) is 6.04 Å². The summed E-state index contributed by atoms with van der Waals surface area (Å²) in [5.41, 5.74) is 0. The van der Waals surface area contributed by atoms with Crippen LogP contribution in [0.25, 0.3) is 0 Å².